The van der Waals surface area contributed by atoms with E-state index < -0.39 is 5.91 Å². The molecule has 3 rings (SSSR count). The van der Waals surface area contributed by atoms with E-state index in [1.165, 1.54) is 24.5 Å². The number of nitrogens with zero attached hydrogens (tertiary/aromatic N) is 2. The number of benzene rings is 2. The summed E-state index contributed by atoms with van der Waals surface area (Å²) in [6.07, 6.45) is 2.93. The molecule has 120 valence electrons. The van der Waals surface area contributed by atoms with Gasteiger partial charge in [0.25, 0.3) is 5.91 Å². The molecule has 2 N–H and O–H groups in total. The molecule has 0 atom stereocenters. The molecule has 1 heterocycles. The van der Waals surface area contributed by atoms with Gasteiger partial charge in [-0.05, 0) is 42.0 Å². The van der Waals surface area contributed by atoms with Gasteiger partial charge < -0.3 is 9.67 Å². The van der Waals surface area contributed by atoms with Gasteiger partial charge in [-0.3, -0.25) is 9.59 Å². The van der Waals surface area contributed by atoms with Crippen molar-refractivity contribution in [1.29, 1.82) is 0 Å². The van der Waals surface area contributed by atoms with Crippen LogP contribution < -0.4 is 10.9 Å². The minimum atomic E-state index is -0.573. The monoisotopic (exact) mass is 321 g/mol. The van der Waals surface area contributed by atoms with Crippen LogP contribution in [0.15, 0.2) is 64.6 Å². The maximum atomic E-state index is 12.4. The van der Waals surface area contributed by atoms with Crippen LogP contribution in [0, 0.1) is 0 Å². The number of aryl methyl sites for hydroxylation is 1. The molecule has 0 saturated heterocycles. The van der Waals surface area contributed by atoms with Gasteiger partial charge in [0, 0.05) is 18.6 Å². The summed E-state index contributed by atoms with van der Waals surface area (Å²) in [5, 5.41) is 13.5. The number of aromatic nitrogens is 1. The summed E-state index contributed by atoms with van der Waals surface area (Å²) in [4.78, 5) is 24.7. The highest BCUT2D eigenvalue weighted by atomic mass is 16.3. The molecule has 0 aliphatic heterocycles. The molecule has 0 aliphatic carbocycles. The summed E-state index contributed by atoms with van der Waals surface area (Å²) in [6, 6.07) is 13.4. The molecule has 1 aromatic heterocycles. The van der Waals surface area contributed by atoms with Gasteiger partial charge in [0.2, 0.25) is 5.43 Å². The lowest BCUT2D eigenvalue weighted by Crippen LogP contribution is -2.26. The molecule has 24 heavy (non-hydrogen) atoms. The maximum absolute atomic E-state index is 12.4. The minimum Gasteiger partial charge on any atom is -0.508 e. The first kappa shape index (κ1) is 15.5. The van der Waals surface area contributed by atoms with Gasteiger partial charge in [-0.25, -0.2) is 5.43 Å². The fourth-order valence-corrected chi connectivity index (χ4v) is 2.39. The number of fused-ring (bicyclic) bond motifs is 1. The molecule has 2 aromatic carbocycles. The highest BCUT2D eigenvalue weighted by Gasteiger charge is 2.13. The number of nitrogens with one attached hydrogen (secondary N) is 1. The number of para-hydroxylation sites is 1. The summed E-state index contributed by atoms with van der Waals surface area (Å²) >= 11 is 0. The van der Waals surface area contributed by atoms with Crippen LogP contribution in [0.2, 0.25) is 0 Å². The molecule has 0 aliphatic rings. The average molecular weight is 321 g/mol. The zero-order valence-corrected chi connectivity index (χ0v) is 12.9. The normalized spacial score (nSPS) is 11.0. The number of carbonyl (C=O) groups is 1. The molecule has 1 amide bonds. The van der Waals surface area contributed by atoms with E-state index in [0.717, 1.165) is 5.52 Å². The molecule has 0 bridgehead atoms. The molecule has 0 unspecified atom stereocenters. The number of phenolic OH excluding ortho intramolecular Hbond substituents is 1. The zero-order chi connectivity index (χ0) is 17.1. The lowest BCUT2D eigenvalue weighted by Gasteiger charge is -2.07. The van der Waals surface area contributed by atoms with Gasteiger partial charge in [-0.1, -0.05) is 12.1 Å². The third kappa shape index (κ3) is 3.03. The quantitative estimate of drug-likeness (QED) is 0.572. The number of phenols is 1. The van der Waals surface area contributed by atoms with E-state index in [-0.39, 0.29) is 16.7 Å². The fourth-order valence-electron chi connectivity index (χ4n) is 2.39. The van der Waals surface area contributed by atoms with E-state index in [2.05, 4.69) is 10.5 Å². The van der Waals surface area contributed by atoms with Crippen molar-refractivity contribution in [2.45, 2.75) is 0 Å². The van der Waals surface area contributed by atoms with Gasteiger partial charge in [0.05, 0.1) is 11.7 Å². The van der Waals surface area contributed by atoms with Gasteiger partial charge in [0.1, 0.15) is 11.3 Å². The maximum Gasteiger partial charge on any atom is 0.276 e. The van der Waals surface area contributed by atoms with E-state index >= 15 is 0 Å². The Morgan fingerprint density at radius 3 is 2.62 bits per heavy atom. The predicted molar refractivity (Wildman–Crippen MR) is 92.4 cm³/mol. The van der Waals surface area contributed by atoms with Crippen LogP contribution in [0.25, 0.3) is 10.9 Å². The second-order valence-electron chi connectivity index (χ2n) is 5.29. The third-order valence-electron chi connectivity index (χ3n) is 3.61. The molecule has 0 fully saturated rings. The van der Waals surface area contributed by atoms with E-state index in [9.17, 15) is 14.7 Å². The number of carbonyl (C=O) groups excluding carboxylic acids is 1. The number of hydrazone groups is 1. The highest BCUT2D eigenvalue weighted by Crippen LogP contribution is 2.10. The fraction of sp³-hybridized carbons (Fsp3) is 0.0556. The molecule has 0 saturated carbocycles. The van der Waals surface area contributed by atoms with Crippen LogP contribution in [-0.2, 0) is 7.05 Å². The lowest BCUT2D eigenvalue weighted by molar-refractivity contribution is 0.0953. The smallest absolute Gasteiger partial charge is 0.276 e. The number of aromatic hydroxyl groups is 1. The van der Waals surface area contributed by atoms with Gasteiger partial charge >= 0.3 is 0 Å². The summed E-state index contributed by atoms with van der Waals surface area (Å²) in [5.41, 5.74) is 3.51. The molecule has 0 spiro atoms. The van der Waals surface area contributed by atoms with Crippen molar-refractivity contribution in [1.82, 2.24) is 9.99 Å². The van der Waals surface area contributed by atoms with E-state index in [4.69, 9.17) is 0 Å². The Morgan fingerprint density at radius 1 is 1.17 bits per heavy atom. The number of hydrogen-bond donors (Lipinski definition) is 2. The second-order valence-corrected chi connectivity index (χ2v) is 5.29. The van der Waals surface area contributed by atoms with Crippen LogP contribution in [0.3, 0.4) is 0 Å². The molecule has 6 heteroatoms. The second kappa shape index (κ2) is 6.37. The number of rotatable bonds is 3. The highest BCUT2D eigenvalue weighted by molar-refractivity contribution is 5.97. The Hall–Kier alpha value is -3.41. The Kier molecular flexibility index (Phi) is 4.11. The Balaban J connectivity index is 1.85. The molecule has 0 radical (unpaired) electrons. The minimum absolute atomic E-state index is 0.0269. The summed E-state index contributed by atoms with van der Waals surface area (Å²) < 4.78 is 1.73. The SMILES string of the molecule is Cn1cc(C(=O)N/N=C/c2ccc(O)cc2)c(=O)c2ccccc21. The number of pyridine rings is 1. The van der Waals surface area contributed by atoms with E-state index in [0.29, 0.717) is 10.9 Å². The number of amides is 1. The van der Waals surface area contributed by atoms with Crippen LogP contribution in [0.4, 0.5) is 0 Å². The first-order chi connectivity index (χ1) is 11.6. The molecular weight excluding hydrogens is 306 g/mol. The third-order valence-corrected chi connectivity index (χ3v) is 3.61. The van der Waals surface area contributed by atoms with E-state index in [1.54, 1.807) is 35.9 Å². The van der Waals surface area contributed by atoms with Crippen molar-refractivity contribution in [2.24, 2.45) is 12.1 Å². The van der Waals surface area contributed by atoms with Crippen molar-refractivity contribution in [3.05, 3.63) is 76.1 Å². The van der Waals surface area contributed by atoms with Crippen LogP contribution >= 0.6 is 0 Å². The molecular formula is C18H15N3O3. The summed E-state index contributed by atoms with van der Waals surface area (Å²) in [7, 11) is 1.78. The first-order valence-electron chi connectivity index (χ1n) is 7.27. The van der Waals surface area contributed by atoms with Crippen LogP contribution in [0.5, 0.6) is 5.75 Å². The zero-order valence-electron chi connectivity index (χ0n) is 12.9. The van der Waals surface area contributed by atoms with Gasteiger partial charge in [-0.15, -0.1) is 0 Å². The Bertz CT molecular complexity index is 989. The topological polar surface area (TPSA) is 83.7 Å². The average Bonchev–Trinajstić information content (AvgIpc) is 2.60. The van der Waals surface area contributed by atoms with Crippen molar-refractivity contribution in [3.8, 4) is 5.75 Å². The molecule has 3 aromatic rings. The van der Waals surface area contributed by atoms with Crippen molar-refractivity contribution in [2.75, 3.05) is 0 Å². The summed E-state index contributed by atoms with van der Waals surface area (Å²) in [5.74, 6) is -0.424. The molecule has 6 nitrogen and oxygen atoms in total. The largest absolute Gasteiger partial charge is 0.508 e. The number of hydrogen-bond acceptors (Lipinski definition) is 4. The van der Waals surface area contributed by atoms with E-state index in [1.807, 2.05) is 12.1 Å². The Labute approximate surface area is 137 Å². The van der Waals surface area contributed by atoms with Gasteiger partial charge in [0.15, 0.2) is 0 Å². The summed E-state index contributed by atoms with van der Waals surface area (Å²) in [6.45, 7) is 0. The van der Waals surface area contributed by atoms with Crippen molar-refractivity contribution < 1.29 is 9.90 Å². The Morgan fingerprint density at radius 2 is 1.88 bits per heavy atom. The van der Waals surface area contributed by atoms with Crippen LogP contribution in [-0.4, -0.2) is 21.8 Å². The van der Waals surface area contributed by atoms with Crippen molar-refractivity contribution >= 4 is 23.0 Å². The van der Waals surface area contributed by atoms with Gasteiger partial charge in [-0.2, -0.15) is 5.10 Å². The standard InChI is InChI=1S/C18H15N3O3/c1-21-11-15(17(23)14-4-2-3-5-16(14)21)18(24)20-19-10-12-6-8-13(22)9-7-12/h2-11,22H,1H3,(H,20,24)/b19-10+. The van der Waals surface area contributed by atoms with Crippen molar-refractivity contribution in [3.63, 3.8) is 0 Å². The predicted octanol–water partition coefficient (Wildman–Crippen LogP) is 2.01. The lowest BCUT2D eigenvalue weighted by atomic mass is 10.1. The van der Waals surface area contributed by atoms with Crippen LogP contribution in [0.1, 0.15) is 15.9 Å². The first-order valence-corrected chi connectivity index (χ1v) is 7.27.